The second-order valence-corrected chi connectivity index (χ2v) is 16.0. The standard InChI is InChI=1S/C33H54O2Si/c1-6-8-10-12-16-22-29(34)28-30(23-17-13-11-9-7-2)35-36(33(3,4)5,31-24-18-14-19-25-31)32-26-20-15-21-27-32/h14-15,18-21,24-27,29-30,34H,6-13,16-17,22-23,28H2,1-5H3. The van der Waals surface area contributed by atoms with Crippen LogP contribution >= 0.6 is 0 Å². The van der Waals surface area contributed by atoms with E-state index in [4.69, 9.17) is 4.43 Å². The molecule has 0 aliphatic heterocycles. The van der Waals surface area contributed by atoms with Crippen LogP contribution in [0.25, 0.3) is 0 Å². The van der Waals surface area contributed by atoms with E-state index in [2.05, 4.69) is 95.3 Å². The highest BCUT2D eigenvalue weighted by Crippen LogP contribution is 2.38. The first kappa shape index (κ1) is 30.8. The summed E-state index contributed by atoms with van der Waals surface area (Å²) in [5.74, 6) is 0. The van der Waals surface area contributed by atoms with Gasteiger partial charge in [-0.25, -0.2) is 0 Å². The van der Waals surface area contributed by atoms with Crippen LogP contribution in [-0.4, -0.2) is 25.6 Å². The SMILES string of the molecule is CCCCCCCC(O)CC(CCCCCCC)O[Si](c1ccccc1)(c1ccccc1)C(C)(C)C. The van der Waals surface area contributed by atoms with Crippen LogP contribution in [0, 0.1) is 0 Å². The first-order valence-electron chi connectivity index (χ1n) is 14.8. The average Bonchev–Trinajstić information content (AvgIpc) is 2.87. The summed E-state index contributed by atoms with van der Waals surface area (Å²) in [6, 6.07) is 21.9. The lowest BCUT2D eigenvalue weighted by Gasteiger charge is -2.45. The molecule has 0 spiro atoms. The third-order valence-corrected chi connectivity index (χ3v) is 12.7. The zero-order valence-corrected chi connectivity index (χ0v) is 25.0. The number of rotatable bonds is 18. The Morgan fingerprint density at radius 3 is 1.56 bits per heavy atom. The van der Waals surface area contributed by atoms with Crippen molar-refractivity contribution < 1.29 is 9.53 Å². The fourth-order valence-electron chi connectivity index (χ4n) is 5.55. The highest BCUT2D eigenvalue weighted by Gasteiger charge is 2.51. The second-order valence-electron chi connectivity index (χ2n) is 11.7. The molecular weight excluding hydrogens is 456 g/mol. The summed E-state index contributed by atoms with van der Waals surface area (Å²) in [4.78, 5) is 0. The molecule has 0 fully saturated rings. The van der Waals surface area contributed by atoms with Gasteiger partial charge in [-0.05, 0) is 34.7 Å². The van der Waals surface area contributed by atoms with Crippen LogP contribution in [0.5, 0.6) is 0 Å². The van der Waals surface area contributed by atoms with Crippen LogP contribution in [0.1, 0.15) is 118 Å². The molecule has 2 rings (SSSR count). The lowest BCUT2D eigenvalue weighted by atomic mass is 10.0. The lowest BCUT2D eigenvalue weighted by molar-refractivity contribution is 0.0759. The summed E-state index contributed by atoms with van der Waals surface area (Å²) in [5, 5.41) is 13.7. The Hall–Kier alpha value is -1.42. The van der Waals surface area contributed by atoms with Gasteiger partial charge in [-0.1, -0.05) is 159 Å². The molecule has 0 aliphatic rings. The Balaban J connectivity index is 2.32. The van der Waals surface area contributed by atoms with Crippen molar-refractivity contribution in [3.8, 4) is 0 Å². The predicted molar refractivity (Wildman–Crippen MR) is 160 cm³/mol. The molecule has 2 atom stereocenters. The van der Waals surface area contributed by atoms with Gasteiger partial charge in [-0.3, -0.25) is 0 Å². The van der Waals surface area contributed by atoms with Crippen molar-refractivity contribution in [2.75, 3.05) is 0 Å². The number of hydrogen-bond acceptors (Lipinski definition) is 2. The van der Waals surface area contributed by atoms with Gasteiger partial charge >= 0.3 is 0 Å². The summed E-state index contributed by atoms with van der Waals surface area (Å²) < 4.78 is 7.48. The molecule has 0 saturated heterocycles. The molecule has 2 aromatic carbocycles. The molecule has 1 N–H and O–H groups in total. The number of aliphatic hydroxyl groups is 1. The van der Waals surface area contributed by atoms with Crippen LogP contribution < -0.4 is 10.4 Å². The van der Waals surface area contributed by atoms with E-state index in [0.717, 1.165) is 25.7 Å². The molecule has 0 aromatic heterocycles. The first-order valence-corrected chi connectivity index (χ1v) is 16.7. The van der Waals surface area contributed by atoms with E-state index in [1.807, 2.05) is 0 Å². The van der Waals surface area contributed by atoms with Gasteiger partial charge in [0.25, 0.3) is 8.32 Å². The Bertz CT molecular complexity index is 760. The predicted octanol–water partition coefficient (Wildman–Crippen LogP) is 8.40. The maximum Gasteiger partial charge on any atom is 0.261 e. The molecule has 0 bridgehead atoms. The number of benzene rings is 2. The molecule has 2 aromatic rings. The van der Waals surface area contributed by atoms with E-state index >= 15 is 0 Å². The van der Waals surface area contributed by atoms with E-state index in [-0.39, 0.29) is 17.2 Å². The molecule has 36 heavy (non-hydrogen) atoms. The zero-order chi connectivity index (χ0) is 26.3. The number of aliphatic hydroxyl groups excluding tert-OH is 1. The van der Waals surface area contributed by atoms with Gasteiger partial charge in [0.2, 0.25) is 0 Å². The normalized spacial score (nSPS) is 14.1. The molecular formula is C33H54O2Si. The Labute approximate surface area is 224 Å². The monoisotopic (exact) mass is 510 g/mol. The summed E-state index contributed by atoms with van der Waals surface area (Å²) in [5.41, 5.74) is 0. The minimum Gasteiger partial charge on any atom is -0.404 e. The first-order chi connectivity index (χ1) is 17.3. The van der Waals surface area contributed by atoms with Gasteiger partial charge in [0.1, 0.15) is 0 Å². The van der Waals surface area contributed by atoms with Gasteiger partial charge in [-0.15, -0.1) is 0 Å². The molecule has 0 heterocycles. The molecule has 2 unspecified atom stereocenters. The molecule has 3 heteroatoms. The average molecular weight is 511 g/mol. The van der Waals surface area contributed by atoms with Gasteiger partial charge in [0.05, 0.1) is 6.10 Å². The van der Waals surface area contributed by atoms with E-state index in [0.29, 0.717) is 0 Å². The van der Waals surface area contributed by atoms with E-state index in [1.54, 1.807) is 0 Å². The van der Waals surface area contributed by atoms with Crippen molar-refractivity contribution in [2.24, 2.45) is 0 Å². The number of hydrogen-bond donors (Lipinski definition) is 1. The topological polar surface area (TPSA) is 29.5 Å². The van der Waals surface area contributed by atoms with Crippen LogP contribution in [0.3, 0.4) is 0 Å². The molecule has 0 radical (unpaired) electrons. The quantitative estimate of drug-likeness (QED) is 0.161. The van der Waals surface area contributed by atoms with Gasteiger partial charge < -0.3 is 9.53 Å². The summed E-state index contributed by atoms with van der Waals surface area (Å²) >= 11 is 0. The molecule has 2 nitrogen and oxygen atoms in total. The van der Waals surface area contributed by atoms with Gasteiger partial charge in [0, 0.05) is 6.10 Å². The van der Waals surface area contributed by atoms with Crippen LogP contribution in [0.15, 0.2) is 60.7 Å². The summed E-state index contributed by atoms with van der Waals surface area (Å²) in [6.45, 7) is 11.6. The van der Waals surface area contributed by atoms with E-state index in [9.17, 15) is 5.11 Å². The summed E-state index contributed by atoms with van der Waals surface area (Å²) in [6.07, 6.45) is 14.9. The van der Waals surface area contributed by atoms with Crippen LogP contribution in [0.4, 0.5) is 0 Å². The highest BCUT2D eigenvalue weighted by atomic mass is 28.4. The molecule has 0 saturated carbocycles. The van der Waals surface area contributed by atoms with Crippen molar-refractivity contribution >= 4 is 18.7 Å². The minimum absolute atomic E-state index is 0.0404. The molecule has 0 aliphatic carbocycles. The zero-order valence-electron chi connectivity index (χ0n) is 24.0. The van der Waals surface area contributed by atoms with Crippen molar-refractivity contribution in [2.45, 2.75) is 135 Å². The van der Waals surface area contributed by atoms with Crippen molar-refractivity contribution in [3.05, 3.63) is 60.7 Å². The fraction of sp³-hybridized carbons (Fsp3) is 0.636. The Morgan fingerprint density at radius 1 is 0.667 bits per heavy atom. The largest absolute Gasteiger partial charge is 0.404 e. The van der Waals surface area contributed by atoms with Crippen molar-refractivity contribution in [3.63, 3.8) is 0 Å². The third kappa shape index (κ3) is 9.47. The van der Waals surface area contributed by atoms with Crippen molar-refractivity contribution in [1.29, 1.82) is 0 Å². The van der Waals surface area contributed by atoms with Crippen molar-refractivity contribution in [1.82, 2.24) is 0 Å². The third-order valence-electron chi connectivity index (χ3n) is 7.57. The fourth-order valence-corrected chi connectivity index (χ4v) is 10.3. The van der Waals surface area contributed by atoms with Gasteiger partial charge in [0.15, 0.2) is 0 Å². The molecule has 0 amide bonds. The van der Waals surface area contributed by atoms with E-state index in [1.165, 1.54) is 68.2 Å². The van der Waals surface area contributed by atoms with Crippen LogP contribution in [0.2, 0.25) is 5.04 Å². The lowest BCUT2D eigenvalue weighted by Crippen LogP contribution is -2.67. The Morgan fingerprint density at radius 2 is 1.11 bits per heavy atom. The smallest absolute Gasteiger partial charge is 0.261 e. The summed E-state index contributed by atoms with van der Waals surface area (Å²) in [7, 11) is -2.61. The van der Waals surface area contributed by atoms with E-state index < -0.39 is 8.32 Å². The number of unbranched alkanes of at least 4 members (excludes halogenated alkanes) is 8. The highest BCUT2D eigenvalue weighted by molar-refractivity contribution is 6.99. The Kier molecular flexibility index (Phi) is 14.1. The molecule has 202 valence electrons. The van der Waals surface area contributed by atoms with Crippen LogP contribution in [-0.2, 0) is 4.43 Å². The maximum absolute atomic E-state index is 11.1. The maximum atomic E-state index is 11.1. The van der Waals surface area contributed by atoms with Gasteiger partial charge in [-0.2, -0.15) is 0 Å². The second kappa shape index (κ2) is 16.4. The minimum atomic E-state index is -2.61.